The average Bonchev–Trinajstić information content (AvgIpc) is 1.84. The third-order valence-electron chi connectivity index (χ3n) is 0.924. The number of hydrogen-bond donors (Lipinski definition) is 0. The molecule has 0 unspecified atom stereocenters. The van der Waals surface area contributed by atoms with Gasteiger partial charge >= 0.3 is 0 Å². The van der Waals surface area contributed by atoms with Crippen LogP contribution in [0.1, 0.15) is 13.8 Å². The Morgan fingerprint density at radius 1 is 1.67 bits per heavy atom. The van der Waals surface area contributed by atoms with E-state index in [1.165, 1.54) is 0 Å². The fraction of sp³-hybridized carbons (Fsp3) is 1.00. The highest BCUT2D eigenvalue weighted by molar-refractivity contribution is 6.18. The first-order valence-corrected chi connectivity index (χ1v) is 3.23. The maximum atomic E-state index is 7.94. The van der Waals surface area contributed by atoms with Crippen LogP contribution >= 0.6 is 11.6 Å². The van der Waals surface area contributed by atoms with Crippen molar-refractivity contribution in [1.29, 1.82) is 0 Å². The minimum Gasteiger partial charge on any atom is -0.126 e. The van der Waals surface area contributed by atoms with Crippen molar-refractivity contribution in [2.24, 2.45) is 10.5 Å². The summed E-state index contributed by atoms with van der Waals surface area (Å²) in [6.07, 6.45) is 0. The van der Waals surface area contributed by atoms with Crippen molar-refractivity contribution in [3.63, 3.8) is 0 Å². The summed E-state index contributed by atoms with van der Waals surface area (Å²) in [5.41, 5.74) is 7.88. The van der Waals surface area contributed by atoms with Crippen molar-refractivity contribution in [1.82, 2.24) is 0 Å². The van der Waals surface area contributed by atoms with Crippen LogP contribution in [0.3, 0.4) is 0 Å². The molecular formula is C5H10ClN3. The van der Waals surface area contributed by atoms with Crippen LogP contribution in [-0.4, -0.2) is 12.4 Å². The molecule has 0 atom stereocenters. The number of alkyl halides is 1. The summed E-state index contributed by atoms with van der Waals surface area (Å²) in [7, 11) is 0. The van der Waals surface area contributed by atoms with Crippen LogP contribution in [0.2, 0.25) is 0 Å². The molecule has 0 aromatic carbocycles. The molecule has 52 valence electrons. The number of azide groups is 1. The Morgan fingerprint density at radius 2 is 2.22 bits per heavy atom. The fourth-order valence-corrected chi connectivity index (χ4v) is 0.350. The summed E-state index contributed by atoms with van der Waals surface area (Å²) in [5, 5.41) is 3.41. The van der Waals surface area contributed by atoms with Crippen LogP contribution < -0.4 is 0 Å². The second kappa shape index (κ2) is 3.59. The Bertz CT molecular complexity index is 126. The molecule has 0 aromatic rings. The van der Waals surface area contributed by atoms with Crippen molar-refractivity contribution in [2.45, 2.75) is 13.8 Å². The summed E-state index contributed by atoms with van der Waals surface area (Å²) in [6, 6.07) is 0. The largest absolute Gasteiger partial charge is 0.126 e. The molecule has 0 saturated heterocycles. The summed E-state index contributed by atoms with van der Waals surface area (Å²) < 4.78 is 0. The number of rotatable bonds is 3. The Kier molecular flexibility index (Phi) is 3.43. The van der Waals surface area contributed by atoms with Crippen molar-refractivity contribution < 1.29 is 0 Å². The van der Waals surface area contributed by atoms with Gasteiger partial charge in [-0.2, -0.15) is 0 Å². The van der Waals surface area contributed by atoms with E-state index in [9.17, 15) is 0 Å². The van der Waals surface area contributed by atoms with Crippen molar-refractivity contribution >= 4 is 11.6 Å². The number of halogens is 1. The van der Waals surface area contributed by atoms with Gasteiger partial charge in [0.05, 0.1) is 0 Å². The summed E-state index contributed by atoms with van der Waals surface area (Å²) in [4.78, 5) is 2.64. The Labute approximate surface area is 59.6 Å². The monoisotopic (exact) mass is 147 g/mol. The maximum Gasteiger partial charge on any atom is 0.0320 e. The minimum absolute atomic E-state index is 0.0617. The fourth-order valence-electron chi connectivity index (χ4n) is 0.265. The third-order valence-corrected chi connectivity index (χ3v) is 1.65. The average molecular weight is 148 g/mol. The van der Waals surface area contributed by atoms with E-state index >= 15 is 0 Å². The molecule has 0 spiro atoms. The Hall–Kier alpha value is -0.400. The molecule has 0 fully saturated rings. The summed E-state index contributed by atoms with van der Waals surface area (Å²) >= 11 is 5.55. The number of nitrogens with zero attached hydrogens (tertiary/aromatic N) is 3. The normalized spacial score (nSPS) is 10.6. The van der Waals surface area contributed by atoms with Gasteiger partial charge < -0.3 is 0 Å². The SMILES string of the molecule is CC(C)(CCl)CN=[N+]=[N-]. The van der Waals surface area contributed by atoms with Gasteiger partial charge in [0.25, 0.3) is 0 Å². The van der Waals surface area contributed by atoms with E-state index in [1.807, 2.05) is 13.8 Å². The lowest BCUT2D eigenvalue weighted by Crippen LogP contribution is -2.16. The molecule has 0 heterocycles. The topological polar surface area (TPSA) is 48.8 Å². The predicted molar refractivity (Wildman–Crippen MR) is 38.5 cm³/mol. The van der Waals surface area contributed by atoms with Crippen LogP contribution in [0.4, 0.5) is 0 Å². The smallest absolute Gasteiger partial charge is 0.0320 e. The molecular weight excluding hydrogens is 138 g/mol. The molecule has 0 bridgehead atoms. The van der Waals surface area contributed by atoms with Gasteiger partial charge in [0, 0.05) is 17.3 Å². The van der Waals surface area contributed by atoms with Gasteiger partial charge in [-0.05, 0) is 10.9 Å². The van der Waals surface area contributed by atoms with E-state index in [0.717, 1.165) is 0 Å². The zero-order chi connectivity index (χ0) is 7.33. The van der Waals surface area contributed by atoms with Crippen LogP contribution in [-0.2, 0) is 0 Å². The lowest BCUT2D eigenvalue weighted by atomic mass is 9.97. The van der Waals surface area contributed by atoms with Gasteiger partial charge in [0.15, 0.2) is 0 Å². The molecule has 0 aliphatic rings. The highest BCUT2D eigenvalue weighted by Crippen LogP contribution is 2.16. The lowest BCUT2D eigenvalue weighted by molar-refractivity contribution is 0.434. The first kappa shape index (κ1) is 8.60. The Balaban J connectivity index is 3.71. The molecule has 4 heteroatoms. The molecule has 0 aromatic heterocycles. The van der Waals surface area contributed by atoms with Crippen molar-refractivity contribution in [3.8, 4) is 0 Å². The van der Waals surface area contributed by atoms with Gasteiger partial charge in [-0.15, -0.1) is 11.6 Å². The minimum atomic E-state index is -0.0617. The van der Waals surface area contributed by atoms with Gasteiger partial charge in [-0.3, -0.25) is 0 Å². The van der Waals surface area contributed by atoms with Gasteiger partial charge in [-0.1, -0.05) is 19.0 Å². The molecule has 0 aliphatic heterocycles. The zero-order valence-electron chi connectivity index (χ0n) is 5.63. The molecule has 0 aliphatic carbocycles. The first-order chi connectivity index (χ1) is 4.12. The molecule has 0 rings (SSSR count). The van der Waals surface area contributed by atoms with E-state index in [0.29, 0.717) is 12.4 Å². The first-order valence-electron chi connectivity index (χ1n) is 2.69. The summed E-state index contributed by atoms with van der Waals surface area (Å²) in [6.45, 7) is 4.37. The van der Waals surface area contributed by atoms with E-state index in [2.05, 4.69) is 10.0 Å². The second-order valence-corrected chi connectivity index (χ2v) is 2.95. The van der Waals surface area contributed by atoms with Crippen molar-refractivity contribution in [3.05, 3.63) is 10.4 Å². The Morgan fingerprint density at radius 3 is 2.56 bits per heavy atom. The lowest BCUT2D eigenvalue weighted by Gasteiger charge is -2.16. The molecule has 3 nitrogen and oxygen atoms in total. The maximum absolute atomic E-state index is 7.94. The zero-order valence-corrected chi connectivity index (χ0v) is 6.39. The van der Waals surface area contributed by atoms with Gasteiger partial charge in [0.2, 0.25) is 0 Å². The van der Waals surface area contributed by atoms with E-state index in [4.69, 9.17) is 17.1 Å². The van der Waals surface area contributed by atoms with Gasteiger partial charge in [0.1, 0.15) is 0 Å². The quantitative estimate of drug-likeness (QED) is 0.255. The van der Waals surface area contributed by atoms with Crippen LogP contribution in [0.25, 0.3) is 10.4 Å². The second-order valence-electron chi connectivity index (χ2n) is 2.69. The number of hydrogen-bond acceptors (Lipinski definition) is 1. The molecule has 9 heavy (non-hydrogen) atoms. The standard InChI is InChI=1S/C5H10ClN3/c1-5(2,3-6)4-8-9-7/h3-4H2,1-2H3. The van der Waals surface area contributed by atoms with E-state index in [1.54, 1.807) is 0 Å². The highest BCUT2D eigenvalue weighted by Gasteiger charge is 2.13. The van der Waals surface area contributed by atoms with Crippen LogP contribution in [0, 0.1) is 5.41 Å². The molecule has 0 amide bonds. The molecule has 0 radical (unpaired) electrons. The molecule has 0 saturated carbocycles. The highest BCUT2D eigenvalue weighted by atomic mass is 35.5. The van der Waals surface area contributed by atoms with E-state index < -0.39 is 0 Å². The van der Waals surface area contributed by atoms with Crippen molar-refractivity contribution in [2.75, 3.05) is 12.4 Å². The van der Waals surface area contributed by atoms with Crippen LogP contribution in [0.15, 0.2) is 5.11 Å². The summed E-state index contributed by atoms with van der Waals surface area (Å²) in [5.74, 6) is 0.520. The van der Waals surface area contributed by atoms with Crippen LogP contribution in [0.5, 0.6) is 0 Å². The molecule has 0 N–H and O–H groups in total. The predicted octanol–water partition coefficient (Wildman–Crippen LogP) is 2.56. The third kappa shape index (κ3) is 4.13. The van der Waals surface area contributed by atoms with E-state index in [-0.39, 0.29) is 5.41 Å². The van der Waals surface area contributed by atoms with Gasteiger partial charge in [-0.25, -0.2) is 0 Å².